The van der Waals surface area contributed by atoms with Gasteiger partial charge in [0.2, 0.25) is 11.3 Å². The van der Waals surface area contributed by atoms with Gasteiger partial charge in [-0.3, -0.25) is 4.79 Å². The van der Waals surface area contributed by atoms with E-state index in [2.05, 4.69) is 10.5 Å². The minimum absolute atomic E-state index is 0.167. The van der Waals surface area contributed by atoms with E-state index in [4.69, 9.17) is 9.62 Å². The van der Waals surface area contributed by atoms with Crippen molar-refractivity contribution in [3.05, 3.63) is 70.4 Å². The van der Waals surface area contributed by atoms with E-state index in [1.807, 2.05) is 30.3 Å². The molecule has 5 heteroatoms. The normalized spacial score (nSPS) is 11.0. The summed E-state index contributed by atoms with van der Waals surface area (Å²) >= 11 is 0. The van der Waals surface area contributed by atoms with Crippen LogP contribution < -0.4 is 10.7 Å². The average molecular weight is 280 g/mol. The van der Waals surface area contributed by atoms with Crippen LogP contribution in [0, 0.1) is 0 Å². The van der Waals surface area contributed by atoms with Gasteiger partial charge in [-0.1, -0.05) is 35.5 Å². The van der Waals surface area contributed by atoms with Crippen LogP contribution in [0.25, 0.3) is 11.0 Å². The van der Waals surface area contributed by atoms with Crippen molar-refractivity contribution in [1.29, 1.82) is 0 Å². The fraction of sp³-hybridized carbons (Fsp3) is 0. The Labute approximate surface area is 120 Å². The second-order valence-corrected chi connectivity index (χ2v) is 4.41. The lowest BCUT2D eigenvalue weighted by Gasteiger charge is -2.09. The minimum atomic E-state index is -0.256. The molecule has 21 heavy (non-hydrogen) atoms. The number of benzene rings is 2. The highest BCUT2D eigenvalue weighted by Crippen LogP contribution is 2.22. The van der Waals surface area contributed by atoms with Crippen molar-refractivity contribution < 1.29 is 9.62 Å². The number of fused-ring (bicyclic) bond motifs is 1. The van der Waals surface area contributed by atoms with Crippen LogP contribution >= 0.6 is 0 Å². The molecule has 1 aromatic heterocycles. The number of para-hydroxylation sites is 2. The summed E-state index contributed by atoms with van der Waals surface area (Å²) < 4.78 is 5.72. The molecule has 0 amide bonds. The summed E-state index contributed by atoms with van der Waals surface area (Å²) in [4.78, 5) is 12.4. The van der Waals surface area contributed by atoms with E-state index in [1.54, 1.807) is 24.3 Å². The van der Waals surface area contributed by atoms with Gasteiger partial charge >= 0.3 is 0 Å². The van der Waals surface area contributed by atoms with Crippen molar-refractivity contribution >= 4 is 28.8 Å². The van der Waals surface area contributed by atoms with Crippen LogP contribution in [0.1, 0.15) is 5.56 Å². The largest absolute Gasteiger partial charge is 0.439 e. The maximum absolute atomic E-state index is 12.4. The number of nitrogens with zero attached hydrogens (tertiary/aromatic N) is 1. The third kappa shape index (κ3) is 2.49. The number of hydrogen-bond donors (Lipinski definition) is 2. The van der Waals surface area contributed by atoms with Crippen LogP contribution in [0.2, 0.25) is 0 Å². The third-order valence-electron chi connectivity index (χ3n) is 3.05. The van der Waals surface area contributed by atoms with Gasteiger partial charge in [-0.15, -0.1) is 0 Å². The van der Waals surface area contributed by atoms with E-state index < -0.39 is 0 Å². The Morgan fingerprint density at radius 2 is 1.76 bits per heavy atom. The molecule has 0 radical (unpaired) electrons. The van der Waals surface area contributed by atoms with Crippen molar-refractivity contribution in [2.24, 2.45) is 5.16 Å². The average Bonchev–Trinajstić information content (AvgIpc) is 2.52. The predicted octanol–water partition coefficient (Wildman–Crippen LogP) is 3.34. The van der Waals surface area contributed by atoms with Gasteiger partial charge in [-0.25, -0.2) is 0 Å². The Morgan fingerprint density at radius 3 is 2.52 bits per heavy atom. The minimum Gasteiger partial charge on any atom is -0.439 e. The van der Waals surface area contributed by atoms with E-state index in [0.717, 1.165) is 11.9 Å². The number of rotatable bonds is 3. The molecular formula is C16H12N2O3. The van der Waals surface area contributed by atoms with Gasteiger partial charge < -0.3 is 14.9 Å². The van der Waals surface area contributed by atoms with E-state index >= 15 is 0 Å². The standard InChI is InChI=1S/C16H12N2O3/c19-15-12-8-4-5-9-14(12)21-16(13(15)10-17-20)18-11-6-2-1-3-7-11/h1-10,18,20H/b17-10-. The Bertz CT molecular complexity index is 854. The molecule has 3 rings (SSSR count). The Morgan fingerprint density at radius 1 is 1.05 bits per heavy atom. The van der Waals surface area contributed by atoms with Gasteiger partial charge in [0, 0.05) is 5.69 Å². The van der Waals surface area contributed by atoms with Crippen molar-refractivity contribution in [2.45, 2.75) is 0 Å². The predicted molar refractivity (Wildman–Crippen MR) is 81.6 cm³/mol. The quantitative estimate of drug-likeness (QED) is 0.438. The molecule has 0 saturated heterocycles. The van der Waals surface area contributed by atoms with E-state index in [0.29, 0.717) is 11.0 Å². The van der Waals surface area contributed by atoms with Crippen LogP contribution in [-0.4, -0.2) is 11.4 Å². The summed E-state index contributed by atoms with van der Waals surface area (Å²) in [6, 6.07) is 16.2. The summed E-state index contributed by atoms with van der Waals surface area (Å²) in [5.74, 6) is 0.239. The maximum Gasteiger partial charge on any atom is 0.210 e. The van der Waals surface area contributed by atoms with E-state index in [-0.39, 0.29) is 16.9 Å². The van der Waals surface area contributed by atoms with Crippen molar-refractivity contribution in [1.82, 2.24) is 0 Å². The molecule has 0 saturated carbocycles. The lowest BCUT2D eigenvalue weighted by molar-refractivity contribution is 0.321. The van der Waals surface area contributed by atoms with Crippen LogP contribution in [-0.2, 0) is 0 Å². The SMILES string of the molecule is O=c1c(/C=N\O)c(Nc2ccccc2)oc2ccccc12. The van der Waals surface area contributed by atoms with Crippen molar-refractivity contribution in [3.8, 4) is 0 Å². The van der Waals surface area contributed by atoms with Crippen LogP contribution in [0.5, 0.6) is 0 Å². The summed E-state index contributed by atoms with van der Waals surface area (Å²) in [5.41, 5.74) is 1.15. The molecule has 0 atom stereocenters. The molecule has 0 aliphatic carbocycles. The second kappa shape index (κ2) is 5.50. The van der Waals surface area contributed by atoms with Gasteiger partial charge in [0.1, 0.15) is 11.1 Å². The lowest BCUT2D eigenvalue weighted by Crippen LogP contribution is -2.12. The third-order valence-corrected chi connectivity index (χ3v) is 3.05. The molecule has 0 unspecified atom stereocenters. The summed E-state index contributed by atoms with van der Waals surface area (Å²) in [6.07, 6.45) is 1.07. The first-order chi connectivity index (χ1) is 10.3. The first kappa shape index (κ1) is 12.9. The van der Waals surface area contributed by atoms with Gasteiger partial charge in [-0.05, 0) is 24.3 Å². The molecule has 104 valence electrons. The van der Waals surface area contributed by atoms with E-state index in [1.165, 1.54) is 0 Å². The molecule has 5 nitrogen and oxygen atoms in total. The summed E-state index contributed by atoms with van der Waals surface area (Å²) in [5, 5.41) is 15.2. The Hall–Kier alpha value is -3.08. The number of anilines is 2. The smallest absolute Gasteiger partial charge is 0.210 e. The van der Waals surface area contributed by atoms with Gasteiger partial charge in [0.15, 0.2) is 0 Å². The zero-order chi connectivity index (χ0) is 14.7. The molecule has 2 aromatic carbocycles. The molecule has 1 heterocycles. The summed E-state index contributed by atoms with van der Waals surface area (Å²) in [7, 11) is 0. The molecule has 0 fully saturated rings. The molecule has 0 aliphatic heterocycles. The van der Waals surface area contributed by atoms with Gasteiger partial charge in [0.05, 0.1) is 11.6 Å². The number of oxime groups is 1. The second-order valence-electron chi connectivity index (χ2n) is 4.41. The molecular weight excluding hydrogens is 268 g/mol. The van der Waals surface area contributed by atoms with Gasteiger partial charge in [0.25, 0.3) is 0 Å². The fourth-order valence-electron chi connectivity index (χ4n) is 2.08. The van der Waals surface area contributed by atoms with Crippen LogP contribution in [0.3, 0.4) is 0 Å². The zero-order valence-corrected chi connectivity index (χ0v) is 11.0. The summed E-state index contributed by atoms with van der Waals surface area (Å²) in [6.45, 7) is 0. The monoisotopic (exact) mass is 280 g/mol. The fourth-order valence-corrected chi connectivity index (χ4v) is 2.08. The van der Waals surface area contributed by atoms with Crippen LogP contribution in [0.4, 0.5) is 11.6 Å². The molecule has 3 aromatic rings. The zero-order valence-electron chi connectivity index (χ0n) is 11.0. The highest BCUT2D eigenvalue weighted by molar-refractivity contribution is 5.92. The molecule has 0 aliphatic rings. The molecule has 0 bridgehead atoms. The first-order valence-electron chi connectivity index (χ1n) is 6.35. The topological polar surface area (TPSA) is 74.8 Å². The first-order valence-corrected chi connectivity index (χ1v) is 6.35. The van der Waals surface area contributed by atoms with E-state index in [9.17, 15) is 4.79 Å². The molecule has 2 N–H and O–H groups in total. The molecule has 0 spiro atoms. The van der Waals surface area contributed by atoms with Crippen molar-refractivity contribution in [2.75, 3.05) is 5.32 Å². The highest BCUT2D eigenvalue weighted by Gasteiger charge is 2.13. The van der Waals surface area contributed by atoms with Crippen LogP contribution in [0.15, 0.2) is 69.0 Å². The Balaban J connectivity index is 2.20. The number of nitrogens with one attached hydrogen (secondary N) is 1. The number of hydrogen-bond acceptors (Lipinski definition) is 5. The van der Waals surface area contributed by atoms with Crippen molar-refractivity contribution in [3.63, 3.8) is 0 Å². The maximum atomic E-state index is 12.4. The Kier molecular flexibility index (Phi) is 3.39. The lowest BCUT2D eigenvalue weighted by atomic mass is 10.1. The highest BCUT2D eigenvalue weighted by atomic mass is 16.4. The van der Waals surface area contributed by atoms with Gasteiger partial charge in [-0.2, -0.15) is 0 Å².